The lowest BCUT2D eigenvalue weighted by molar-refractivity contribution is 0.631. The van der Waals surface area contributed by atoms with E-state index in [4.69, 9.17) is 5.73 Å². The first-order valence-corrected chi connectivity index (χ1v) is 7.24. The van der Waals surface area contributed by atoms with Crippen LogP contribution in [-0.4, -0.2) is 6.54 Å². The highest BCUT2D eigenvalue weighted by Crippen LogP contribution is 2.37. The van der Waals surface area contributed by atoms with Crippen LogP contribution in [-0.2, 0) is 6.42 Å². The summed E-state index contributed by atoms with van der Waals surface area (Å²) < 4.78 is 0. The molecule has 18 heavy (non-hydrogen) atoms. The Labute approximate surface area is 112 Å². The Morgan fingerprint density at radius 2 is 2.17 bits per heavy atom. The number of aryl methyl sites for hydroxylation is 1. The van der Waals surface area contributed by atoms with Gasteiger partial charge >= 0.3 is 0 Å². The number of nitrogen functional groups attached to an aromatic ring is 1. The Hall–Kier alpha value is -1.48. The number of anilines is 2. The van der Waals surface area contributed by atoms with Crippen LogP contribution in [0.1, 0.15) is 29.0 Å². The highest BCUT2D eigenvalue weighted by molar-refractivity contribution is 7.10. The van der Waals surface area contributed by atoms with Crippen molar-refractivity contribution >= 4 is 22.7 Å². The van der Waals surface area contributed by atoms with E-state index in [0.29, 0.717) is 6.04 Å². The van der Waals surface area contributed by atoms with Crippen LogP contribution in [0, 0.1) is 6.92 Å². The highest BCUT2D eigenvalue weighted by Gasteiger charge is 2.25. The molecule has 1 aliphatic rings. The summed E-state index contributed by atoms with van der Waals surface area (Å²) in [4.78, 5) is 4.01. The summed E-state index contributed by atoms with van der Waals surface area (Å²) in [6, 6.07) is 8.89. The second-order valence-electron chi connectivity index (χ2n) is 4.96. The Morgan fingerprint density at radius 1 is 1.33 bits per heavy atom. The maximum Gasteiger partial charge on any atom is 0.0525 e. The molecular weight excluding hydrogens is 240 g/mol. The van der Waals surface area contributed by atoms with E-state index >= 15 is 0 Å². The van der Waals surface area contributed by atoms with E-state index in [0.717, 1.165) is 18.7 Å². The van der Waals surface area contributed by atoms with Crippen molar-refractivity contribution < 1.29 is 0 Å². The molecule has 0 saturated heterocycles. The van der Waals surface area contributed by atoms with Gasteiger partial charge in [0.15, 0.2) is 0 Å². The van der Waals surface area contributed by atoms with Crippen LogP contribution in [0.3, 0.4) is 0 Å². The molecule has 2 aromatic rings. The maximum atomic E-state index is 5.93. The molecule has 1 unspecified atom stereocenters. The van der Waals surface area contributed by atoms with E-state index in [1.54, 1.807) is 4.88 Å². The van der Waals surface area contributed by atoms with Crippen LogP contribution in [0.2, 0.25) is 0 Å². The van der Waals surface area contributed by atoms with Gasteiger partial charge in [-0.3, -0.25) is 0 Å². The van der Waals surface area contributed by atoms with Gasteiger partial charge in [-0.15, -0.1) is 11.3 Å². The monoisotopic (exact) mass is 258 g/mol. The second kappa shape index (κ2) is 4.32. The summed E-state index contributed by atoms with van der Waals surface area (Å²) in [5, 5.41) is 2.21. The summed E-state index contributed by atoms with van der Waals surface area (Å²) in [5.41, 5.74) is 10.8. The molecule has 1 aromatic heterocycles. The minimum Gasteiger partial charge on any atom is -0.399 e. The second-order valence-corrected chi connectivity index (χ2v) is 5.97. The Kier molecular flexibility index (Phi) is 2.78. The van der Waals surface area contributed by atoms with Crippen molar-refractivity contribution in [3.8, 4) is 0 Å². The van der Waals surface area contributed by atoms with Crippen molar-refractivity contribution in [3.05, 3.63) is 45.6 Å². The molecule has 94 valence electrons. The van der Waals surface area contributed by atoms with E-state index in [9.17, 15) is 0 Å². The topological polar surface area (TPSA) is 29.3 Å². The van der Waals surface area contributed by atoms with E-state index < -0.39 is 0 Å². The van der Waals surface area contributed by atoms with Crippen LogP contribution in [0.15, 0.2) is 29.6 Å². The fourth-order valence-corrected chi connectivity index (χ4v) is 3.74. The van der Waals surface area contributed by atoms with Gasteiger partial charge in [0.25, 0.3) is 0 Å². The fourth-order valence-electron chi connectivity index (χ4n) is 2.77. The van der Waals surface area contributed by atoms with Gasteiger partial charge in [0.2, 0.25) is 0 Å². The number of thiophene rings is 1. The van der Waals surface area contributed by atoms with Gasteiger partial charge < -0.3 is 10.6 Å². The van der Waals surface area contributed by atoms with Crippen molar-refractivity contribution in [1.29, 1.82) is 0 Å². The molecule has 2 nitrogen and oxygen atoms in total. The Bertz CT molecular complexity index is 574. The molecule has 1 aromatic carbocycles. The van der Waals surface area contributed by atoms with E-state index in [2.05, 4.69) is 42.3 Å². The van der Waals surface area contributed by atoms with Gasteiger partial charge in [-0.2, -0.15) is 0 Å². The minimum atomic E-state index is 0.445. The van der Waals surface area contributed by atoms with Crippen LogP contribution < -0.4 is 10.6 Å². The average molecular weight is 258 g/mol. The van der Waals surface area contributed by atoms with E-state index in [1.165, 1.54) is 16.8 Å². The zero-order valence-corrected chi connectivity index (χ0v) is 11.6. The lowest BCUT2D eigenvalue weighted by Gasteiger charge is -2.36. The molecule has 1 aliphatic heterocycles. The average Bonchev–Trinajstić information content (AvgIpc) is 2.82. The molecule has 2 heterocycles. The molecule has 0 fully saturated rings. The van der Waals surface area contributed by atoms with Gasteiger partial charge in [0, 0.05) is 22.8 Å². The number of nitrogens with two attached hydrogens (primary N) is 1. The maximum absolute atomic E-state index is 5.93. The summed E-state index contributed by atoms with van der Waals surface area (Å²) in [6.45, 7) is 5.52. The lowest BCUT2D eigenvalue weighted by atomic mass is 9.99. The highest BCUT2D eigenvalue weighted by atomic mass is 32.1. The zero-order chi connectivity index (χ0) is 12.7. The predicted octanol–water partition coefficient (Wildman–Crippen LogP) is 3.76. The van der Waals surface area contributed by atoms with Crippen LogP contribution in [0.25, 0.3) is 0 Å². The standard InChI is InChI=1S/C15H18N2S/c1-10-3-4-12(16)9-14(10)17-7-5-15-13(11(17)2)6-8-18-15/h3-4,6,8-9,11H,5,7,16H2,1-2H3. The van der Waals surface area contributed by atoms with Gasteiger partial charge in [0.05, 0.1) is 6.04 Å². The van der Waals surface area contributed by atoms with Crippen molar-refractivity contribution in [2.45, 2.75) is 26.3 Å². The summed E-state index contributed by atoms with van der Waals surface area (Å²) in [5.74, 6) is 0. The van der Waals surface area contributed by atoms with Gasteiger partial charge in [-0.05, 0) is 55.0 Å². The molecule has 3 rings (SSSR count). The van der Waals surface area contributed by atoms with Crippen molar-refractivity contribution in [2.75, 3.05) is 17.2 Å². The molecule has 0 spiro atoms. The Morgan fingerprint density at radius 3 is 3.00 bits per heavy atom. The first kappa shape index (κ1) is 11.6. The fraction of sp³-hybridized carbons (Fsp3) is 0.333. The lowest BCUT2D eigenvalue weighted by Crippen LogP contribution is -2.33. The van der Waals surface area contributed by atoms with Crippen molar-refractivity contribution in [2.24, 2.45) is 0 Å². The molecule has 0 bridgehead atoms. The third kappa shape index (κ3) is 1.79. The van der Waals surface area contributed by atoms with Gasteiger partial charge in [-0.25, -0.2) is 0 Å². The molecule has 0 radical (unpaired) electrons. The number of hydrogen-bond donors (Lipinski definition) is 1. The van der Waals surface area contributed by atoms with Crippen LogP contribution in [0.5, 0.6) is 0 Å². The number of benzene rings is 1. The molecule has 0 saturated carbocycles. The number of fused-ring (bicyclic) bond motifs is 1. The van der Waals surface area contributed by atoms with Crippen molar-refractivity contribution in [3.63, 3.8) is 0 Å². The van der Waals surface area contributed by atoms with Crippen LogP contribution in [0.4, 0.5) is 11.4 Å². The van der Waals surface area contributed by atoms with Crippen molar-refractivity contribution in [1.82, 2.24) is 0 Å². The van der Waals surface area contributed by atoms with Gasteiger partial charge in [-0.1, -0.05) is 6.07 Å². The number of rotatable bonds is 1. The third-order valence-corrected chi connectivity index (χ3v) is 4.82. The third-order valence-electron chi connectivity index (χ3n) is 3.82. The smallest absolute Gasteiger partial charge is 0.0525 e. The predicted molar refractivity (Wildman–Crippen MR) is 79.4 cm³/mol. The van der Waals surface area contributed by atoms with Crippen LogP contribution >= 0.6 is 11.3 Å². The first-order valence-electron chi connectivity index (χ1n) is 6.36. The van der Waals surface area contributed by atoms with E-state index in [1.807, 2.05) is 17.4 Å². The number of hydrogen-bond acceptors (Lipinski definition) is 3. The summed E-state index contributed by atoms with van der Waals surface area (Å²) in [6.07, 6.45) is 1.14. The molecule has 0 aliphatic carbocycles. The Balaban J connectivity index is 2.01. The molecular formula is C15H18N2S. The molecule has 0 amide bonds. The van der Waals surface area contributed by atoms with Gasteiger partial charge in [0.1, 0.15) is 0 Å². The largest absolute Gasteiger partial charge is 0.399 e. The number of nitrogens with zero attached hydrogens (tertiary/aromatic N) is 1. The molecule has 3 heteroatoms. The zero-order valence-electron chi connectivity index (χ0n) is 10.8. The quantitative estimate of drug-likeness (QED) is 0.789. The molecule has 1 atom stereocenters. The SMILES string of the molecule is Cc1ccc(N)cc1N1CCc2sccc2C1C. The minimum absolute atomic E-state index is 0.445. The first-order chi connectivity index (χ1) is 8.66. The summed E-state index contributed by atoms with van der Waals surface area (Å²) in [7, 11) is 0. The summed E-state index contributed by atoms with van der Waals surface area (Å²) >= 11 is 1.88. The molecule has 2 N–H and O–H groups in total. The normalized spacial score (nSPS) is 18.8. The van der Waals surface area contributed by atoms with E-state index in [-0.39, 0.29) is 0 Å².